The summed E-state index contributed by atoms with van der Waals surface area (Å²) in [4.78, 5) is 12.5. The van der Waals surface area contributed by atoms with Crippen molar-refractivity contribution in [3.05, 3.63) is 65.3 Å². The molecular formula is C23H26ClN3O3S. The highest BCUT2D eigenvalue weighted by molar-refractivity contribution is 7.89. The van der Waals surface area contributed by atoms with E-state index in [4.69, 9.17) is 11.6 Å². The number of sulfonamides is 1. The minimum absolute atomic E-state index is 0.00500. The number of fused-ring (bicyclic) bond motifs is 1. The quantitative estimate of drug-likeness (QED) is 0.549. The van der Waals surface area contributed by atoms with Gasteiger partial charge in [-0.25, -0.2) is 8.42 Å². The van der Waals surface area contributed by atoms with Crippen LogP contribution in [0.15, 0.2) is 59.6 Å². The maximum Gasteiger partial charge on any atom is 0.243 e. The lowest BCUT2D eigenvalue weighted by Crippen LogP contribution is -2.27. The van der Waals surface area contributed by atoms with Gasteiger partial charge >= 0.3 is 0 Å². The molecule has 1 aliphatic heterocycles. The molecule has 0 atom stereocenters. The Balaban J connectivity index is 1.32. The van der Waals surface area contributed by atoms with Crippen LogP contribution in [0.5, 0.6) is 0 Å². The Bertz CT molecular complexity index is 1170. The zero-order valence-corrected chi connectivity index (χ0v) is 18.8. The Morgan fingerprint density at radius 2 is 1.77 bits per heavy atom. The molecule has 2 heterocycles. The summed E-state index contributed by atoms with van der Waals surface area (Å²) >= 11 is 5.87. The van der Waals surface area contributed by atoms with Crippen LogP contribution in [0, 0.1) is 0 Å². The predicted molar refractivity (Wildman–Crippen MR) is 122 cm³/mol. The maximum atomic E-state index is 12.8. The molecule has 4 rings (SSSR count). The molecule has 0 saturated carbocycles. The number of rotatable bonds is 8. The number of hydrogen-bond acceptors (Lipinski definition) is 3. The van der Waals surface area contributed by atoms with Crippen LogP contribution < -0.4 is 5.32 Å². The SMILES string of the molecule is O=C(CCCn1ccc2cc(S(=O)(=O)N3CCCC3)ccc21)NCc1ccc(Cl)cc1. The standard InChI is InChI=1S/C23H26ClN3O3S/c24-20-7-5-18(6-8-20)17-25-23(28)4-3-12-26-15-11-19-16-21(9-10-22(19)26)31(29,30)27-13-1-2-14-27/h5-11,15-16H,1-4,12-14,17H2,(H,25,28). The Kier molecular flexibility index (Phi) is 6.65. The molecule has 3 aromatic rings. The van der Waals surface area contributed by atoms with Crippen molar-refractivity contribution in [2.45, 2.75) is 43.7 Å². The molecule has 0 bridgehead atoms. The van der Waals surface area contributed by atoms with Gasteiger partial charge in [-0.2, -0.15) is 4.31 Å². The molecule has 1 saturated heterocycles. The van der Waals surface area contributed by atoms with Crippen molar-refractivity contribution in [1.29, 1.82) is 0 Å². The predicted octanol–water partition coefficient (Wildman–Crippen LogP) is 4.18. The van der Waals surface area contributed by atoms with Gasteiger partial charge in [0.05, 0.1) is 4.90 Å². The number of aromatic nitrogens is 1. The van der Waals surface area contributed by atoms with E-state index in [1.54, 1.807) is 16.4 Å². The number of aryl methyl sites for hydroxylation is 1. The third kappa shape index (κ3) is 5.11. The van der Waals surface area contributed by atoms with Gasteiger partial charge in [-0.15, -0.1) is 0 Å². The van der Waals surface area contributed by atoms with Crippen LogP contribution >= 0.6 is 11.6 Å². The van der Waals surface area contributed by atoms with E-state index >= 15 is 0 Å². The zero-order valence-electron chi connectivity index (χ0n) is 17.3. The first-order chi connectivity index (χ1) is 14.9. The minimum Gasteiger partial charge on any atom is -0.352 e. The molecule has 0 aliphatic carbocycles. The van der Waals surface area contributed by atoms with Crippen LogP contribution in [0.4, 0.5) is 0 Å². The van der Waals surface area contributed by atoms with Crippen LogP contribution in [-0.4, -0.2) is 36.3 Å². The van der Waals surface area contributed by atoms with Gasteiger partial charge in [0.1, 0.15) is 0 Å². The van der Waals surface area contributed by atoms with Gasteiger partial charge in [-0.1, -0.05) is 23.7 Å². The lowest BCUT2D eigenvalue weighted by atomic mass is 10.2. The molecule has 1 fully saturated rings. The van der Waals surface area contributed by atoms with Crippen molar-refractivity contribution in [2.75, 3.05) is 13.1 Å². The largest absolute Gasteiger partial charge is 0.352 e. The highest BCUT2D eigenvalue weighted by Crippen LogP contribution is 2.25. The number of benzene rings is 2. The van der Waals surface area contributed by atoms with E-state index in [0.29, 0.717) is 48.9 Å². The van der Waals surface area contributed by atoms with E-state index in [-0.39, 0.29) is 5.91 Å². The van der Waals surface area contributed by atoms with Crippen LogP contribution in [-0.2, 0) is 27.9 Å². The van der Waals surface area contributed by atoms with Gasteiger partial charge < -0.3 is 9.88 Å². The molecule has 0 spiro atoms. The number of hydrogen-bond donors (Lipinski definition) is 1. The molecule has 6 nitrogen and oxygen atoms in total. The Labute approximate surface area is 187 Å². The summed E-state index contributed by atoms with van der Waals surface area (Å²) in [5.74, 6) is 0.00500. The first kappa shape index (κ1) is 21.9. The molecule has 2 aromatic carbocycles. The van der Waals surface area contributed by atoms with Gasteiger partial charge in [0.2, 0.25) is 15.9 Å². The fourth-order valence-electron chi connectivity index (χ4n) is 3.91. The molecule has 1 amide bonds. The van der Waals surface area contributed by atoms with Crippen LogP contribution in [0.25, 0.3) is 10.9 Å². The lowest BCUT2D eigenvalue weighted by molar-refractivity contribution is -0.121. The molecule has 8 heteroatoms. The third-order valence-electron chi connectivity index (χ3n) is 5.65. The van der Waals surface area contributed by atoms with Gasteiger partial charge in [0.25, 0.3) is 0 Å². The third-order valence-corrected chi connectivity index (χ3v) is 7.80. The summed E-state index contributed by atoms with van der Waals surface area (Å²) in [7, 11) is -3.42. The summed E-state index contributed by atoms with van der Waals surface area (Å²) in [6.07, 6.45) is 4.91. The van der Waals surface area contributed by atoms with Crippen molar-refractivity contribution in [3.8, 4) is 0 Å². The Morgan fingerprint density at radius 3 is 2.52 bits per heavy atom. The summed E-state index contributed by atoms with van der Waals surface area (Å²) in [5, 5.41) is 4.50. The van der Waals surface area contributed by atoms with E-state index in [9.17, 15) is 13.2 Å². The number of amides is 1. The fourth-order valence-corrected chi connectivity index (χ4v) is 5.59. The molecule has 1 aromatic heterocycles. The fraction of sp³-hybridized carbons (Fsp3) is 0.348. The second kappa shape index (κ2) is 9.42. The molecule has 0 radical (unpaired) electrons. The average Bonchev–Trinajstić information content (AvgIpc) is 3.44. The van der Waals surface area contributed by atoms with Gasteiger partial charge in [-0.3, -0.25) is 4.79 Å². The number of carbonyl (C=O) groups excluding carboxylic acids is 1. The summed E-state index contributed by atoms with van der Waals surface area (Å²) in [6, 6.07) is 14.6. The number of nitrogens with one attached hydrogen (secondary N) is 1. The van der Waals surface area contributed by atoms with Crippen molar-refractivity contribution >= 4 is 38.4 Å². The highest BCUT2D eigenvalue weighted by atomic mass is 35.5. The van der Waals surface area contributed by atoms with Crippen molar-refractivity contribution in [1.82, 2.24) is 14.2 Å². The smallest absolute Gasteiger partial charge is 0.243 e. The Hall–Kier alpha value is -2.35. The van der Waals surface area contributed by atoms with E-state index in [0.717, 1.165) is 29.3 Å². The molecule has 1 N–H and O–H groups in total. The van der Waals surface area contributed by atoms with Crippen molar-refractivity contribution in [3.63, 3.8) is 0 Å². The average molecular weight is 460 g/mol. The molecule has 0 unspecified atom stereocenters. The molecule has 164 valence electrons. The second-order valence-electron chi connectivity index (χ2n) is 7.85. The highest BCUT2D eigenvalue weighted by Gasteiger charge is 2.27. The topological polar surface area (TPSA) is 71.4 Å². The van der Waals surface area contributed by atoms with Gasteiger partial charge in [0, 0.05) is 54.7 Å². The second-order valence-corrected chi connectivity index (χ2v) is 10.2. The first-order valence-electron chi connectivity index (χ1n) is 10.5. The van der Waals surface area contributed by atoms with Crippen molar-refractivity contribution < 1.29 is 13.2 Å². The summed E-state index contributed by atoms with van der Waals surface area (Å²) in [6.45, 7) is 2.37. The van der Waals surface area contributed by atoms with E-state index in [2.05, 4.69) is 9.88 Å². The monoisotopic (exact) mass is 459 g/mol. The lowest BCUT2D eigenvalue weighted by Gasteiger charge is -2.15. The molecular weight excluding hydrogens is 434 g/mol. The molecule has 1 aliphatic rings. The number of carbonyl (C=O) groups is 1. The van der Waals surface area contributed by atoms with E-state index < -0.39 is 10.0 Å². The Morgan fingerprint density at radius 1 is 1.03 bits per heavy atom. The summed E-state index contributed by atoms with van der Waals surface area (Å²) < 4.78 is 29.2. The zero-order chi connectivity index (χ0) is 21.8. The molecule has 31 heavy (non-hydrogen) atoms. The van der Waals surface area contributed by atoms with Gasteiger partial charge in [0.15, 0.2) is 0 Å². The normalized spacial score (nSPS) is 14.9. The summed E-state index contributed by atoms with van der Waals surface area (Å²) in [5.41, 5.74) is 1.98. The maximum absolute atomic E-state index is 12.8. The van der Waals surface area contributed by atoms with Crippen molar-refractivity contribution in [2.24, 2.45) is 0 Å². The minimum atomic E-state index is -3.42. The van der Waals surface area contributed by atoms with Crippen LogP contribution in [0.3, 0.4) is 0 Å². The van der Waals surface area contributed by atoms with E-state index in [1.807, 2.05) is 42.6 Å². The van der Waals surface area contributed by atoms with Crippen LogP contribution in [0.1, 0.15) is 31.2 Å². The first-order valence-corrected chi connectivity index (χ1v) is 12.4. The number of halogens is 1. The van der Waals surface area contributed by atoms with E-state index in [1.165, 1.54) is 0 Å². The van der Waals surface area contributed by atoms with Crippen LogP contribution in [0.2, 0.25) is 5.02 Å². The van der Waals surface area contributed by atoms with Gasteiger partial charge in [-0.05, 0) is 61.2 Å². The number of nitrogens with zero attached hydrogens (tertiary/aromatic N) is 2.